The summed E-state index contributed by atoms with van der Waals surface area (Å²) in [6.07, 6.45) is 5.86. The number of hydrogen-bond donors (Lipinski definition) is 1. The summed E-state index contributed by atoms with van der Waals surface area (Å²) in [6, 6.07) is 4.39. The molecule has 0 spiro atoms. The molecule has 1 saturated carbocycles. The van der Waals surface area contributed by atoms with Gasteiger partial charge in [0.2, 0.25) is 0 Å². The van der Waals surface area contributed by atoms with Crippen molar-refractivity contribution in [3.05, 3.63) is 35.4 Å². The number of halogens is 2. The van der Waals surface area contributed by atoms with Gasteiger partial charge in [-0.25, -0.2) is 8.78 Å². The van der Waals surface area contributed by atoms with Gasteiger partial charge in [-0.05, 0) is 37.4 Å². The average Bonchev–Trinajstić information content (AvgIpc) is 2.52. The maximum atomic E-state index is 14.0. The molecule has 1 fully saturated rings. The van der Waals surface area contributed by atoms with Gasteiger partial charge in [0.1, 0.15) is 0 Å². The lowest BCUT2D eigenvalue weighted by molar-refractivity contribution is -0.0671. The number of likely N-dealkylation sites (N-methyl/N-ethyl adjacent to an activating group) is 1. The second-order valence-electron chi connectivity index (χ2n) is 5.86. The highest BCUT2D eigenvalue weighted by Gasteiger charge is 2.40. The summed E-state index contributed by atoms with van der Waals surface area (Å²) < 4.78 is 33.2. The van der Waals surface area contributed by atoms with Crippen molar-refractivity contribution in [3.63, 3.8) is 0 Å². The Kier molecular flexibility index (Phi) is 5.71. The van der Waals surface area contributed by atoms with Gasteiger partial charge in [0, 0.05) is 13.2 Å². The van der Waals surface area contributed by atoms with Crippen LogP contribution in [0.25, 0.3) is 0 Å². The molecule has 4 heteroatoms. The van der Waals surface area contributed by atoms with Gasteiger partial charge in [-0.1, -0.05) is 38.3 Å². The molecule has 118 valence electrons. The minimum atomic E-state index is -0.780. The first-order valence-corrected chi connectivity index (χ1v) is 7.84. The molecule has 0 aromatic heterocycles. The molecule has 0 aliphatic heterocycles. The topological polar surface area (TPSA) is 21.3 Å². The van der Waals surface area contributed by atoms with E-state index >= 15 is 0 Å². The van der Waals surface area contributed by atoms with E-state index in [4.69, 9.17) is 4.74 Å². The van der Waals surface area contributed by atoms with Crippen LogP contribution in [0.2, 0.25) is 0 Å². The third-order valence-electron chi connectivity index (χ3n) is 4.65. The normalized spacial score (nSPS) is 19.4. The molecule has 21 heavy (non-hydrogen) atoms. The highest BCUT2D eigenvalue weighted by molar-refractivity contribution is 5.21. The van der Waals surface area contributed by atoms with Crippen LogP contribution < -0.4 is 5.32 Å². The maximum Gasteiger partial charge on any atom is 0.162 e. The SMILES string of the molecule is CCNC(Cc1cccc(F)c1F)C1(OC)CCCCC1. The molecule has 0 amide bonds. The summed E-state index contributed by atoms with van der Waals surface area (Å²) in [5.41, 5.74) is 0.149. The molecular formula is C17H25F2NO. The number of methoxy groups -OCH3 is 1. The molecule has 1 unspecified atom stereocenters. The standard InChI is InChI=1S/C17H25F2NO/c1-3-20-15(17(21-2)10-5-4-6-11-17)12-13-8-7-9-14(18)16(13)19/h7-9,15,20H,3-6,10-12H2,1-2H3. The highest BCUT2D eigenvalue weighted by Crippen LogP contribution is 2.35. The fourth-order valence-corrected chi connectivity index (χ4v) is 3.46. The number of ether oxygens (including phenoxy) is 1. The second-order valence-corrected chi connectivity index (χ2v) is 5.86. The van der Waals surface area contributed by atoms with Crippen molar-refractivity contribution in [2.24, 2.45) is 0 Å². The lowest BCUT2D eigenvalue weighted by atomic mass is 9.77. The number of hydrogen-bond acceptors (Lipinski definition) is 2. The number of rotatable bonds is 6. The van der Waals surface area contributed by atoms with Crippen molar-refractivity contribution < 1.29 is 13.5 Å². The fourth-order valence-electron chi connectivity index (χ4n) is 3.46. The first-order valence-electron chi connectivity index (χ1n) is 7.84. The highest BCUT2D eigenvalue weighted by atomic mass is 19.2. The van der Waals surface area contributed by atoms with Crippen LogP contribution >= 0.6 is 0 Å². The minimum Gasteiger partial charge on any atom is -0.377 e. The molecule has 0 heterocycles. The van der Waals surface area contributed by atoms with E-state index in [1.807, 2.05) is 6.92 Å². The molecule has 2 rings (SSSR count). The lowest BCUT2D eigenvalue weighted by Crippen LogP contribution is -2.54. The zero-order chi connectivity index (χ0) is 15.3. The molecular weight excluding hydrogens is 272 g/mol. The molecule has 1 aromatic carbocycles. The van der Waals surface area contributed by atoms with Gasteiger partial charge in [-0.3, -0.25) is 0 Å². The predicted octanol–water partition coefficient (Wildman–Crippen LogP) is 3.83. The van der Waals surface area contributed by atoms with E-state index in [1.165, 1.54) is 6.42 Å². The lowest BCUT2D eigenvalue weighted by Gasteiger charge is -2.43. The Labute approximate surface area is 125 Å². The Hall–Kier alpha value is -1.00. The van der Waals surface area contributed by atoms with Crippen molar-refractivity contribution in [1.29, 1.82) is 0 Å². The predicted molar refractivity (Wildman–Crippen MR) is 80.4 cm³/mol. The molecule has 0 saturated heterocycles. The first kappa shape index (κ1) is 16.4. The minimum absolute atomic E-state index is 0.00380. The van der Waals surface area contributed by atoms with Crippen LogP contribution in [0.5, 0.6) is 0 Å². The van der Waals surface area contributed by atoms with Gasteiger partial charge in [0.25, 0.3) is 0 Å². The van der Waals surface area contributed by atoms with E-state index in [0.29, 0.717) is 12.0 Å². The van der Waals surface area contributed by atoms with Crippen LogP contribution in [0.1, 0.15) is 44.6 Å². The van der Waals surface area contributed by atoms with Crippen LogP contribution in [0, 0.1) is 11.6 Å². The van der Waals surface area contributed by atoms with E-state index < -0.39 is 11.6 Å². The van der Waals surface area contributed by atoms with Crippen LogP contribution in [0.4, 0.5) is 8.78 Å². The van der Waals surface area contributed by atoms with E-state index in [0.717, 1.165) is 38.3 Å². The average molecular weight is 297 g/mol. The van der Waals surface area contributed by atoms with E-state index in [1.54, 1.807) is 19.2 Å². The first-order chi connectivity index (χ1) is 10.1. The van der Waals surface area contributed by atoms with Crippen molar-refractivity contribution in [1.82, 2.24) is 5.32 Å². The van der Waals surface area contributed by atoms with Crippen molar-refractivity contribution in [2.45, 2.75) is 57.1 Å². The fraction of sp³-hybridized carbons (Fsp3) is 0.647. The van der Waals surface area contributed by atoms with E-state index in [2.05, 4.69) is 5.32 Å². The summed E-state index contributed by atoms with van der Waals surface area (Å²) in [5, 5.41) is 3.43. The summed E-state index contributed by atoms with van der Waals surface area (Å²) in [6.45, 7) is 2.81. The quantitative estimate of drug-likeness (QED) is 0.861. The summed E-state index contributed by atoms with van der Waals surface area (Å²) >= 11 is 0. The monoisotopic (exact) mass is 297 g/mol. The Morgan fingerprint density at radius 2 is 1.95 bits per heavy atom. The Balaban J connectivity index is 2.23. The number of benzene rings is 1. The van der Waals surface area contributed by atoms with Gasteiger partial charge in [0.15, 0.2) is 11.6 Å². The zero-order valence-corrected chi connectivity index (χ0v) is 12.9. The van der Waals surface area contributed by atoms with Gasteiger partial charge in [0.05, 0.1) is 5.60 Å². The molecule has 0 radical (unpaired) electrons. The summed E-state index contributed by atoms with van der Waals surface area (Å²) in [5.74, 6) is -1.51. The van der Waals surface area contributed by atoms with Gasteiger partial charge >= 0.3 is 0 Å². The van der Waals surface area contributed by atoms with Crippen LogP contribution in [0.3, 0.4) is 0 Å². The smallest absolute Gasteiger partial charge is 0.162 e. The van der Waals surface area contributed by atoms with E-state index in [-0.39, 0.29) is 11.6 Å². The Bertz CT molecular complexity index is 458. The molecule has 1 aliphatic rings. The molecule has 1 atom stereocenters. The van der Waals surface area contributed by atoms with Crippen LogP contribution in [0.15, 0.2) is 18.2 Å². The van der Waals surface area contributed by atoms with Gasteiger partial charge in [-0.2, -0.15) is 0 Å². The molecule has 1 aliphatic carbocycles. The van der Waals surface area contributed by atoms with Crippen molar-refractivity contribution >= 4 is 0 Å². The summed E-state index contributed by atoms with van der Waals surface area (Å²) in [4.78, 5) is 0. The van der Waals surface area contributed by atoms with E-state index in [9.17, 15) is 8.78 Å². The Morgan fingerprint density at radius 3 is 2.57 bits per heavy atom. The molecule has 1 N–H and O–H groups in total. The maximum absolute atomic E-state index is 14.0. The van der Waals surface area contributed by atoms with Gasteiger partial charge in [-0.15, -0.1) is 0 Å². The molecule has 1 aromatic rings. The van der Waals surface area contributed by atoms with Crippen LogP contribution in [-0.2, 0) is 11.2 Å². The van der Waals surface area contributed by atoms with Crippen LogP contribution in [-0.4, -0.2) is 25.3 Å². The third kappa shape index (κ3) is 3.61. The third-order valence-corrected chi connectivity index (χ3v) is 4.65. The van der Waals surface area contributed by atoms with Gasteiger partial charge < -0.3 is 10.1 Å². The Morgan fingerprint density at radius 1 is 1.24 bits per heavy atom. The second kappa shape index (κ2) is 7.32. The largest absolute Gasteiger partial charge is 0.377 e. The molecule has 2 nitrogen and oxygen atoms in total. The zero-order valence-electron chi connectivity index (χ0n) is 12.9. The summed E-state index contributed by atoms with van der Waals surface area (Å²) in [7, 11) is 1.73. The van der Waals surface area contributed by atoms with Crippen molar-refractivity contribution in [3.8, 4) is 0 Å². The van der Waals surface area contributed by atoms with Crippen molar-refractivity contribution in [2.75, 3.05) is 13.7 Å². The molecule has 0 bridgehead atoms. The number of nitrogens with one attached hydrogen (secondary N) is 1.